The van der Waals surface area contributed by atoms with Gasteiger partial charge in [-0.05, 0) is 62.3 Å². The number of carbonyl (C=O) groups is 3. The van der Waals surface area contributed by atoms with Crippen molar-refractivity contribution in [3.8, 4) is 5.75 Å². The summed E-state index contributed by atoms with van der Waals surface area (Å²) >= 11 is 0. The summed E-state index contributed by atoms with van der Waals surface area (Å²) < 4.78 is 0. The number of carbonyl (C=O) groups excluding carboxylic acids is 3. The molecule has 3 N–H and O–H groups in total. The van der Waals surface area contributed by atoms with Gasteiger partial charge in [0.25, 0.3) is 11.8 Å². The van der Waals surface area contributed by atoms with E-state index in [1.54, 1.807) is 6.07 Å². The maximum absolute atomic E-state index is 12.3. The number of rotatable bonds is 11. The molecule has 194 valence electrons. The number of nitrogens with zero attached hydrogens (tertiary/aromatic N) is 2. The molecule has 1 atom stereocenters. The van der Waals surface area contributed by atoms with E-state index in [-0.39, 0.29) is 17.7 Å². The molecule has 1 saturated heterocycles. The van der Waals surface area contributed by atoms with Crippen LogP contribution in [0.4, 0.5) is 0 Å². The first-order chi connectivity index (χ1) is 17.2. The summed E-state index contributed by atoms with van der Waals surface area (Å²) in [7, 11) is 0. The Morgan fingerprint density at radius 2 is 1.92 bits per heavy atom. The van der Waals surface area contributed by atoms with Gasteiger partial charge < -0.3 is 15.4 Å². The molecule has 8 heteroatoms. The molecule has 3 heterocycles. The predicted octanol–water partition coefficient (Wildman–Crippen LogP) is 3.73. The van der Waals surface area contributed by atoms with Crippen molar-refractivity contribution in [2.24, 2.45) is 5.92 Å². The molecule has 0 aliphatic carbocycles. The van der Waals surface area contributed by atoms with Crippen LogP contribution in [-0.2, 0) is 20.9 Å². The average Bonchev–Trinajstić information content (AvgIpc) is 3.52. The second kappa shape index (κ2) is 11.3. The molecule has 36 heavy (non-hydrogen) atoms. The minimum atomic E-state index is -0.251. The van der Waals surface area contributed by atoms with Crippen molar-refractivity contribution < 1.29 is 19.5 Å². The molecule has 0 saturated carbocycles. The number of fused-ring (bicyclic) bond motifs is 1. The van der Waals surface area contributed by atoms with Gasteiger partial charge in [-0.3, -0.25) is 24.2 Å². The highest BCUT2D eigenvalue weighted by atomic mass is 16.3. The maximum atomic E-state index is 12.3. The third-order valence-electron chi connectivity index (χ3n) is 7.46. The number of H-pyrrole nitrogens is 1. The number of phenolic OH excluding ortho intramolecular Hbond substituents is 1. The molecule has 0 bridgehead atoms. The number of unbranched alkanes of at least 4 members (excludes halogenated alkanes) is 2. The zero-order valence-electron chi connectivity index (χ0n) is 21.6. The van der Waals surface area contributed by atoms with Gasteiger partial charge in [0, 0.05) is 61.4 Å². The smallest absolute Gasteiger partial charge is 0.253 e. The van der Waals surface area contributed by atoms with Gasteiger partial charge in [-0.2, -0.15) is 0 Å². The minimum absolute atomic E-state index is 0.0499. The zero-order chi connectivity index (χ0) is 25.8. The van der Waals surface area contributed by atoms with Gasteiger partial charge in [-0.25, -0.2) is 0 Å². The van der Waals surface area contributed by atoms with Crippen molar-refractivity contribution >= 4 is 28.6 Å². The predicted molar refractivity (Wildman–Crippen MR) is 140 cm³/mol. The van der Waals surface area contributed by atoms with Crippen LogP contribution in [0.25, 0.3) is 10.9 Å². The van der Waals surface area contributed by atoms with Crippen molar-refractivity contribution in [2.75, 3.05) is 26.2 Å². The number of phenols is 1. The van der Waals surface area contributed by atoms with Crippen LogP contribution in [0.15, 0.2) is 24.3 Å². The highest BCUT2D eigenvalue weighted by molar-refractivity contribution is 6.12. The fourth-order valence-corrected chi connectivity index (χ4v) is 5.38. The Hall–Kier alpha value is -3.13. The van der Waals surface area contributed by atoms with E-state index in [9.17, 15) is 19.5 Å². The second-order valence-electron chi connectivity index (χ2n) is 10.5. The van der Waals surface area contributed by atoms with Crippen molar-refractivity contribution in [1.29, 1.82) is 0 Å². The van der Waals surface area contributed by atoms with Gasteiger partial charge in [-0.1, -0.05) is 20.3 Å². The number of hydrogen-bond donors (Lipinski definition) is 3. The van der Waals surface area contributed by atoms with E-state index in [1.165, 1.54) is 33.7 Å². The van der Waals surface area contributed by atoms with Crippen LogP contribution in [0.1, 0.15) is 68.7 Å². The lowest BCUT2D eigenvalue weighted by Gasteiger charge is -2.18. The molecular weight excluding hydrogens is 456 g/mol. The Kier molecular flexibility index (Phi) is 8.14. The molecule has 2 aromatic rings. The van der Waals surface area contributed by atoms with E-state index in [4.69, 9.17) is 0 Å². The molecule has 1 aromatic heterocycles. The summed E-state index contributed by atoms with van der Waals surface area (Å²) in [5.74, 6) is 0.658. The fourth-order valence-electron chi connectivity index (χ4n) is 5.38. The summed E-state index contributed by atoms with van der Waals surface area (Å²) in [5, 5.41) is 14.9. The molecule has 8 nitrogen and oxygen atoms in total. The standard InChI is InChI=1S/C28H38N4O4/c1-18(2)27-19(3)21-8-9-23(33)22(28(21)30-27)17-31-14-12-20(16-31)15-29-24(34)7-5-4-6-13-32-25(35)10-11-26(32)36/h8-11,18,20,30,33H,4-7,12-17H2,1-3H3,(H,29,34)/t20-/m0/s1. The summed E-state index contributed by atoms with van der Waals surface area (Å²) in [4.78, 5) is 42.5. The fraction of sp³-hybridized carbons (Fsp3) is 0.536. The van der Waals surface area contributed by atoms with Crippen LogP contribution in [0.3, 0.4) is 0 Å². The van der Waals surface area contributed by atoms with Crippen molar-refractivity contribution in [3.63, 3.8) is 0 Å². The number of imide groups is 1. The van der Waals surface area contributed by atoms with E-state index < -0.39 is 0 Å². The van der Waals surface area contributed by atoms with Crippen LogP contribution in [0.5, 0.6) is 5.75 Å². The molecule has 0 radical (unpaired) electrons. The number of aromatic hydroxyl groups is 1. The first-order valence-corrected chi connectivity index (χ1v) is 13.1. The number of aryl methyl sites for hydroxylation is 1. The third kappa shape index (κ3) is 5.81. The van der Waals surface area contributed by atoms with Gasteiger partial charge in [0.1, 0.15) is 5.75 Å². The Bertz CT molecular complexity index is 1150. The first kappa shape index (κ1) is 25.9. The quantitative estimate of drug-likeness (QED) is 0.326. The Morgan fingerprint density at radius 3 is 2.64 bits per heavy atom. The van der Waals surface area contributed by atoms with Crippen molar-refractivity contribution in [1.82, 2.24) is 20.1 Å². The normalized spacial score (nSPS) is 18.3. The number of nitrogens with one attached hydrogen (secondary N) is 2. The molecule has 0 unspecified atom stereocenters. The van der Waals surface area contributed by atoms with E-state index in [0.29, 0.717) is 50.1 Å². The molecule has 1 fully saturated rings. The van der Waals surface area contributed by atoms with E-state index >= 15 is 0 Å². The number of amides is 3. The summed E-state index contributed by atoms with van der Waals surface area (Å²) in [6, 6.07) is 3.80. The average molecular weight is 495 g/mol. The molecule has 0 spiro atoms. The van der Waals surface area contributed by atoms with Gasteiger partial charge in [0.15, 0.2) is 0 Å². The van der Waals surface area contributed by atoms with Crippen LogP contribution in [0, 0.1) is 12.8 Å². The molecule has 3 amide bonds. The number of aromatic nitrogens is 1. The van der Waals surface area contributed by atoms with Crippen molar-refractivity contribution in [2.45, 2.75) is 65.3 Å². The SMILES string of the molecule is Cc1c(C(C)C)[nH]c2c(CN3CC[C@@H](CNC(=O)CCCCCN4C(=O)C=CC4=O)C3)c(O)ccc12. The highest BCUT2D eigenvalue weighted by Gasteiger charge is 2.25. The Balaban J connectivity index is 1.19. The molecule has 4 rings (SSSR count). The van der Waals surface area contributed by atoms with Gasteiger partial charge in [0.2, 0.25) is 5.91 Å². The second-order valence-corrected chi connectivity index (χ2v) is 10.5. The van der Waals surface area contributed by atoms with E-state index in [1.807, 2.05) is 6.07 Å². The topological polar surface area (TPSA) is 106 Å². The lowest BCUT2D eigenvalue weighted by atomic mass is 10.0. The monoisotopic (exact) mass is 494 g/mol. The van der Waals surface area contributed by atoms with Gasteiger partial charge >= 0.3 is 0 Å². The van der Waals surface area contributed by atoms with E-state index in [2.05, 4.69) is 36.0 Å². The van der Waals surface area contributed by atoms with Crippen molar-refractivity contribution in [3.05, 3.63) is 41.1 Å². The van der Waals surface area contributed by atoms with Crippen LogP contribution in [0.2, 0.25) is 0 Å². The summed E-state index contributed by atoms with van der Waals surface area (Å²) in [6.45, 7) is 10.1. The molecule has 2 aliphatic heterocycles. The number of hydrogen-bond acceptors (Lipinski definition) is 5. The van der Waals surface area contributed by atoms with E-state index in [0.717, 1.165) is 43.4 Å². The highest BCUT2D eigenvalue weighted by Crippen LogP contribution is 2.34. The number of aromatic amines is 1. The maximum Gasteiger partial charge on any atom is 0.253 e. The molecular formula is C28H38N4O4. The summed E-state index contributed by atoms with van der Waals surface area (Å²) in [5.41, 5.74) is 4.44. The molecule has 1 aromatic carbocycles. The first-order valence-electron chi connectivity index (χ1n) is 13.1. The third-order valence-corrected chi connectivity index (χ3v) is 7.46. The van der Waals surface area contributed by atoms with Gasteiger partial charge in [-0.15, -0.1) is 0 Å². The number of benzene rings is 1. The van der Waals surface area contributed by atoms with Crippen LogP contribution in [-0.4, -0.2) is 63.8 Å². The molecule has 2 aliphatic rings. The number of likely N-dealkylation sites (tertiary alicyclic amines) is 1. The van der Waals surface area contributed by atoms with Gasteiger partial charge in [0.05, 0.1) is 5.52 Å². The lowest BCUT2D eigenvalue weighted by Crippen LogP contribution is -2.31. The largest absolute Gasteiger partial charge is 0.508 e. The zero-order valence-corrected chi connectivity index (χ0v) is 21.6. The summed E-state index contributed by atoms with van der Waals surface area (Å²) in [6.07, 6.45) is 6.32. The lowest BCUT2D eigenvalue weighted by molar-refractivity contribution is -0.137. The van der Waals surface area contributed by atoms with Crippen LogP contribution < -0.4 is 5.32 Å². The Labute approximate surface area is 212 Å². The minimum Gasteiger partial charge on any atom is -0.508 e. The van der Waals surface area contributed by atoms with Crippen LogP contribution >= 0.6 is 0 Å². The Morgan fingerprint density at radius 1 is 1.17 bits per heavy atom.